The van der Waals surface area contributed by atoms with Gasteiger partial charge < -0.3 is 10.8 Å². The molecule has 1 unspecified atom stereocenters. The van der Waals surface area contributed by atoms with E-state index < -0.39 is 11.5 Å². The van der Waals surface area contributed by atoms with Crippen LogP contribution in [-0.2, 0) is 11.3 Å². The molecule has 0 aliphatic carbocycles. The number of hydrogen-bond acceptors (Lipinski definition) is 3. The molecule has 1 aromatic rings. The highest BCUT2D eigenvalue weighted by molar-refractivity contribution is 6.31. The van der Waals surface area contributed by atoms with Crippen LogP contribution in [0.2, 0.25) is 5.02 Å². The van der Waals surface area contributed by atoms with Crippen molar-refractivity contribution in [3.8, 4) is 0 Å². The molecule has 0 bridgehead atoms. The van der Waals surface area contributed by atoms with Gasteiger partial charge in [-0.3, -0.25) is 9.48 Å². The van der Waals surface area contributed by atoms with Gasteiger partial charge in [0.15, 0.2) is 0 Å². The van der Waals surface area contributed by atoms with E-state index in [9.17, 15) is 4.79 Å². The van der Waals surface area contributed by atoms with Crippen molar-refractivity contribution < 1.29 is 9.90 Å². The number of carboxylic acid groups (broad SMARTS) is 1. The summed E-state index contributed by atoms with van der Waals surface area (Å²) in [5.41, 5.74) is 5.29. The lowest BCUT2D eigenvalue weighted by Crippen LogP contribution is -2.44. The summed E-state index contributed by atoms with van der Waals surface area (Å²) in [6, 6.07) is 0. The molecular weight excluding hydrogens is 242 g/mol. The van der Waals surface area contributed by atoms with E-state index in [0.717, 1.165) is 25.1 Å². The van der Waals surface area contributed by atoms with Gasteiger partial charge in [-0.1, -0.05) is 11.6 Å². The highest BCUT2D eigenvalue weighted by Gasteiger charge is 2.26. The molecule has 1 atom stereocenters. The number of unbranched alkanes of at least 4 members (excludes halogenated alkanes) is 1. The third-order valence-corrected chi connectivity index (χ3v) is 3.08. The Morgan fingerprint density at radius 1 is 1.65 bits per heavy atom. The molecule has 0 aliphatic heterocycles. The Hall–Kier alpha value is -1.07. The zero-order valence-corrected chi connectivity index (χ0v) is 10.9. The van der Waals surface area contributed by atoms with E-state index in [1.54, 1.807) is 10.9 Å². The molecule has 0 amide bonds. The second-order valence-electron chi connectivity index (χ2n) is 4.51. The quantitative estimate of drug-likeness (QED) is 0.764. The molecule has 17 heavy (non-hydrogen) atoms. The fraction of sp³-hybridized carbons (Fsp3) is 0.636. The number of rotatable bonds is 6. The highest BCUT2D eigenvalue weighted by Crippen LogP contribution is 2.14. The lowest BCUT2D eigenvalue weighted by Gasteiger charge is -2.18. The molecular formula is C11H18ClN3O2. The van der Waals surface area contributed by atoms with Gasteiger partial charge in [-0.05, 0) is 33.1 Å². The van der Waals surface area contributed by atoms with E-state index >= 15 is 0 Å². The van der Waals surface area contributed by atoms with E-state index in [-0.39, 0.29) is 0 Å². The van der Waals surface area contributed by atoms with Gasteiger partial charge in [0.1, 0.15) is 5.54 Å². The van der Waals surface area contributed by atoms with E-state index in [0.29, 0.717) is 11.4 Å². The molecule has 96 valence electrons. The Bertz CT molecular complexity index is 382. The predicted octanol–water partition coefficient (Wildman–Crippen LogP) is 1.82. The van der Waals surface area contributed by atoms with Crippen LogP contribution in [0.4, 0.5) is 0 Å². The van der Waals surface area contributed by atoms with Crippen LogP contribution in [0.3, 0.4) is 0 Å². The molecule has 0 saturated carbocycles. The largest absolute Gasteiger partial charge is 0.480 e. The average Bonchev–Trinajstić information content (AvgIpc) is 2.53. The van der Waals surface area contributed by atoms with Gasteiger partial charge in [-0.2, -0.15) is 5.10 Å². The first-order valence-electron chi connectivity index (χ1n) is 5.55. The topological polar surface area (TPSA) is 81.1 Å². The van der Waals surface area contributed by atoms with E-state index in [1.165, 1.54) is 6.92 Å². The lowest BCUT2D eigenvalue weighted by atomic mass is 9.96. The summed E-state index contributed by atoms with van der Waals surface area (Å²) in [4.78, 5) is 10.8. The number of nitrogens with zero attached hydrogens (tertiary/aromatic N) is 2. The maximum atomic E-state index is 10.8. The van der Waals surface area contributed by atoms with E-state index in [4.69, 9.17) is 22.4 Å². The molecule has 6 heteroatoms. The summed E-state index contributed by atoms with van der Waals surface area (Å²) >= 11 is 5.88. The third-order valence-electron chi connectivity index (χ3n) is 2.71. The van der Waals surface area contributed by atoms with Gasteiger partial charge in [0.2, 0.25) is 0 Å². The first kappa shape index (κ1) is 14.0. The Balaban J connectivity index is 2.32. The standard InChI is InChI=1S/C11H18ClN3O2/c1-8-9(12)7-15(14-8)6-4-3-5-11(2,13)10(16)17/h7H,3-6,13H2,1-2H3,(H,16,17). The minimum absolute atomic E-state index is 0.455. The second-order valence-corrected chi connectivity index (χ2v) is 4.91. The number of carboxylic acids is 1. The predicted molar refractivity (Wildman–Crippen MR) is 66.1 cm³/mol. The maximum Gasteiger partial charge on any atom is 0.323 e. The van der Waals surface area contributed by atoms with Crippen LogP contribution in [0.5, 0.6) is 0 Å². The minimum Gasteiger partial charge on any atom is -0.480 e. The van der Waals surface area contributed by atoms with Crippen molar-refractivity contribution in [1.29, 1.82) is 0 Å². The maximum absolute atomic E-state index is 10.8. The third kappa shape index (κ3) is 4.02. The SMILES string of the molecule is Cc1nn(CCCCC(C)(N)C(=O)O)cc1Cl. The Labute approximate surface area is 106 Å². The minimum atomic E-state index is -1.14. The number of carbonyl (C=O) groups is 1. The number of halogens is 1. The normalized spacial score (nSPS) is 14.6. The number of aryl methyl sites for hydroxylation is 2. The molecule has 0 fully saturated rings. The van der Waals surface area contributed by atoms with Crippen LogP contribution in [0.15, 0.2) is 6.20 Å². The summed E-state index contributed by atoms with van der Waals surface area (Å²) in [5.74, 6) is -0.963. The van der Waals surface area contributed by atoms with Crippen molar-refractivity contribution in [2.75, 3.05) is 0 Å². The van der Waals surface area contributed by atoms with Crippen molar-refractivity contribution in [2.24, 2.45) is 5.73 Å². The Morgan fingerprint density at radius 2 is 2.29 bits per heavy atom. The average molecular weight is 260 g/mol. The molecule has 1 aromatic heterocycles. The fourth-order valence-electron chi connectivity index (χ4n) is 1.48. The van der Waals surface area contributed by atoms with Gasteiger partial charge in [0, 0.05) is 12.7 Å². The van der Waals surface area contributed by atoms with E-state index in [2.05, 4.69) is 5.10 Å². The number of nitrogens with two attached hydrogens (primary N) is 1. The number of hydrogen-bond donors (Lipinski definition) is 2. The molecule has 1 heterocycles. The molecule has 3 N–H and O–H groups in total. The van der Waals surface area contributed by atoms with Gasteiger partial charge >= 0.3 is 5.97 Å². The van der Waals surface area contributed by atoms with E-state index in [1.807, 2.05) is 6.92 Å². The molecule has 0 saturated heterocycles. The Kier molecular flexibility index (Phi) is 4.54. The van der Waals surface area contributed by atoms with Crippen LogP contribution >= 0.6 is 11.6 Å². The highest BCUT2D eigenvalue weighted by atomic mass is 35.5. The fourth-order valence-corrected chi connectivity index (χ4v) is 1.63. The summed E-state index contributed by atoms with van der Waals surface area (Å²) in [6.45, 7) is 4.10. The van der Waals surface area contributed by atoms with Crippen LogP contribution in [0, 0.1) is 6.92 Å². The van der Waals surface area contributed by atoms with Gasteiger partial charge in [-0.25, -0.2) is 0 Å². The molecule has 0 aromatic carbocycles. The molecule has 0 spiro atoms. The summed E-state index contributed by atoms with van der Waals surface area (Å²) in [6.07, 6.45) is 3.80. The van der Waals surface area contributed by atoms with Crippen molar-refractivity contribution >= 4 is 17.6 Å². The smallest absolute Gasteiger partial charge is 0.323 e. The monoisotopic (exact) mass is 259 g/mol. The van der Waals surface area contributed by atoms with Crippen molar-refractivity contribution in [3.63, 3.8) is 0 Å². The zero-order chi connectivity index (χ0) is 13.1. The van der Waals surface area contributed by atoms with Crippen LogP contribution in [0.1, 0.15) is 31.9 Å². The summed E-state index contributed by atoms with van der Waals surface area (Å²) in [5, 5.41) is 13.7. The summed E-state index contributed by atoms with van der Waals surface area (Å²) < 4.78 is 1.77. The van der Waals surface area contributed by atoms with Crippen LogP contribution in [-0.4, -0.2) is 26.4 Å². The van der Waals surface area contributed by atoms with Gasteiger partial charge in [0.25, 0.3) is 0 Å². The van der Waals surface area contributed by atoms with Crippen molar-refractivity contribution in [2.45, 2.75) is 45.2 Å². The molecule has 5 nitrogen and oxygen atoms in total. The molecule has 0 radical (unpaired) electrons. The molecule has 1 rings (SSSR count). The van der Waals surface area contributed by atoms with Crippen LogP contribution < -0.4 is 5.73 Å². The van der Waals surface area contributed by atoms with Crippen molar-refractivity contribution in [3.05, 3.63) is 16.9 Å². The summed E-state index contributed by atoms with van der Waals surface area (Å²) in [7, 11) is 0. The second kappa shape index (κ2) is 5.51. The van der Waals surface area contributed by atoms with Gasteiger partial charge in [0.05, 0.1) is 10.7 Å². The van der Waals surface area contributed by atoms with Gasteiger partial charge in [-0.15, -0.1) is 0 Å². The Morgan fingerprint density at radius 3 is 2.76 bits per heavy atom. The van der Waals surface area contributed by atoms with Crippen molar-refractivity contribution in [1.82, 2.24) is 9.78 Å². The first-order valence-corrected chi connectivity index (χ1v) is 5.92. The lowest BCUT2D eigenvalue weighted by molar-refractivity contribution is -0.142. The van der Waals surface area contributed by atoms with Crippen LogP contribution in [0.25, 0.3) is 0 Å². The number of aromatic nitrogens is 2. The molecule has 0 aliphatic rings. The number of aliphatic carboxylic acids is 1. The zero-order valence-electron chi connectivity index (χ0n) is 10.1. The first-order chi connectivity index (χ1) is 7.83.